The third-order valence-corrected chi connectivity index (χ3v) is 3.29. The molecule has 2 heterocycles. The second-order valence-corrected chi connectivity index (χ2v) is 5.11. The molecule has 1 amide bonds. The van der Waals surface area contributed by atoms with Crippen molar-refractivity contribution in [3.05, 3.63) is 84.2 Å². The number of anilines is 2. The smallest absolute Gasteiger partial charge is 0.270 e. The predicted octanol–water partition coefficient (Wildman–Crippen LogP) is 3.29. The second kappa shape index (κ2) is 7.32. The predicted molar refractivity (Wildman–Crippen MR) is 89.3 cm³/mol. The number of rotatable bonds is 5. The molecule has 1 aromatic carbocycles. The molecule has 0 fully saturated rings. The SMILES string of the molecule is O=C(NCc1cccnc1)c1ccc(Nc2cccc(F)c2)cn1. The molecule has 0 spiro atoms. The molecular weight excluding hydrogens is 307 g/mol. The first-order valence-electron chi connectivity index (χ1n) is 7.36. The highest BCUT2D eigenvalue weighted by Gasteiger charge is 2.07. The average Bonchev–Trinajstić information content (AvgIpc) is 2.61. The van der Waals surface area contributed by atoms with Crippen LogP contribution in [0.3, 0.4) is 0 Å². The third kappa shape index (κ3) is 4.13. The minimum atomic E-state index is -0.320. The van der Waals surface area contributed by atoms with Crippen LogP contribution in [0.15, 0.2) is 67.1 Å². The Hall–Kier alpha value is -3.28. The van der Waals surface area contributed by atoms with E-state index in [-0.39, 0.29) is 11.7 Å². The summed E-state index contributed by atoms with van der Waals surface area (Å²) in [7, 11) is 0. The van der Waals surface area contributed by atoms with Crippen molar-refractivity contribution in [3.63, 3.8) is 0 Å². The van der Waals surface area contributed by atoms with Crippen LogP contribution in [-0.4, -0.2) is 15.9 Å². The summed E-state index contributed by atoms with van der Waals surface area (Å²) < 4.78 is 13.2. The van der Waals surface area contributed by atoms with E-state index in [1.807, 2.05) is 12.1 Å². The highest BCUT2D eigenvalue weighted by Crippen LogP contribution is 2.16. The lowest BCUT2D eigenvalue weighted by Crippen LogP contribution is -2.23. The first-order chi connectivity index (χ1) is 11.7. The van der Waals surface area contributed by atoms with Crippen molar-refractivity contribution >= 4 is 17.3 Å². The molecular formula is C18H15FN4O. The van der Waals surface area contributed by atoms with Crippen LogP contribution in [0.2, 0.25) is 0 Å². The van der Waals surface area contributed by atoms with Crippen molar-refractivity contribution in [2.45, 2.75) is 6.54 Å². The zero-order valence-corrected chi connectivity index (χ0v) is 12.7. The van der Waals surface area contributed by atoms with E-state index in [9.17, 15) is 9.18 Å². The average molecular weight is 322 g/mol. The number of amides is 1. The summed E-state index contributed by atoms with van der Waals surface area (Å²) in [5.74, 6) is -0.587. The van der Waals surface area contributed by atoms with Crippen molar-refractivity contribution in [1.29, 1.82) is 0 Å². The van der Waals surface area contributed by atoms with Crippen LogP contribution in [0.5, 0.6) is 0 Å². The van der Waals surface area contributed by atoms with Gasteiger partial charge in [-0.1, -0.05) is 12.1 Å². The number of hydrogen-bond acceptors (Lipinski definition) is 4. The summed E-state index contributed by atoms with van der Waals surface area (Å²) in [4.78, 5) is 20.2. The number of carbonyl (C=O) groups excluding carboxylic acids is 1. The van der Waals surface area contributed by atoms with E-state index in [1.165, 1.54) is 18.3 Å². The van der Waals surface area contributed by atoms with Gasteiger partial charge < -0.3 is 10.6 Å². The van der Waals surface area contributed by atoms with Gasteiger partial charge in [-0.3, -0.25) is 9.78 Å². The summed E-state index contributed by atoms with van der Waals surface area (Å²) in [5, 5.41) is 5.81. The van der Waals surface area contributed by atoms with Gasteiger partial charge in [-0.2, -0.15) is 0 Å². The number of hydrogen-bond donors (Lipinski definition) is 2. The van der Waals surface area contributed by atoms with Gasteiger partial charge in [-0.25, -0.2) is 9.37 Å². The fraction of sp³-hybridized carbons (Fsp3) is 0.0556. The Bertz CT molecular complexity index is 822. The number of nitrogens with zero attached hydrogens (tertiary/aromatic N) is 2. The summed E-state index contributed by atoms with van der Waals surface area (Å²) in [6, 6.07) is 13.1. The molecule has 0 saturated heterocycles. The van der Waals surface area contributed by atoms with E-state index >= 15 is 0 Å². The molecule has 0 aliphatic heterocycles. The number of aromatic nitrogens is 2. The fourth-order valence-corrected chi connectivity index (χ4v) is 2.11. The Morgan fingerprint density at radius 3 is 2.67 bits per heavy atom. The largest absolute Gasteiger partial charge is 0.354 e. The molecule has 0 aliphatic rings. The molecule has 2 aromatic heterocycles. The number of pyridine rings is 2. The molecule has 3 aromatic rings. The number of carbonyl (C=O) groups is 1. The summed E-state index contributed by atoms with van der Waals surface area (Å²) in [5.41, 5.74) is 2.51. The zero-order chi connectivity index (χ0) is 16.8. The topological polar surface area (TPSA) is 66.9 Å². The number of halogens is 1. The molecule has 0 radical (unpaired) electrons. The highest BCUT2D eigenvalue weighted by atomic mass is 19.1. The van der Waals surface area contributed by atoms with Crippen LogP contribution < -0.4 is 10.6 Å². The van der Waals surface area contributed by atoms with Crippen LogP contribution in [0.4, 0.5) is 15.8 Å². The lowest BCUT2D eigenvalue weighted by Gasteiger charge is -2.08. The molecule has 24 heavy (non-hydrogen) atoms. The molecule has 0 saturated carbocycles. The first kappa shape index (κ1) is 15.6. The van der Waals surface area contributed by atoms with Crippen LogP contribution >= 0.6 is 0 Å². The zero-order valence-electron chi connectivity index (χ0n) is 12.7. The van der Waals surface area contributed by atoms with Gasteiger partial charge in [0.25, 0.3) is 5.91 Å². The Morgan fingerprint density at radius 2 is 1.96 bits per heavy atom. The fourth-order valence-electron chi connectivity index (χ4n) is 2.11. The van der Waals surface area contributed by atoms with E-state index in [4.69, 9.17) is 0 Å². The quantitative estimate of drug-likeness (QED) is 0.756. The normalized spacial score (nSPS) is 10.2. The number of benzene rings is 1. The molecule has 120 valence electrons. The van der Waals surface area contributed by atoms with Crippen molar-refractivity contribution in [2.75, 3.05) is 5.32 Å². The van der Waals surface area contributed by atoms with Crippen molar-refractivity contribution < 1.29 is 9.18 Å². The summed E-state index contributed by atoms with van der Waals surface area (Å²) in [6.45, 7) is 0.387. The minimum absolute atomic E-state index is 0.267. The Balaban J connectivity index is 1.60. The van der Waals surface area contributed by atoms with E-state index < -0.39 is 0 Å². The van der Waals surface area contributed by atoms with Gasteiger partial charge in [-0.05, 0) is 42.0 Å². The molecule has 0 atom stereocenters. The van der Waals surface area contributed by atoms with E-state index in [0.29, 0.717) is 23.6 Å². The van der Waals surface area contributed by atoms with E-state index in [2.05, 4.69) is 20.6 Å². The highest BCUT2D eigenvalue weighted by molar-refractivity contribution is 5.92. The maximum Gasteiger partial charge on any atom is 0.270 e. The summed E-state index contributed by atoms with van der Waals surface area (Å²) >= 11 is 0. The minimum Gasteiger partial charge on any atom is -0.354 e. The maximum absolute atomic E-state index is 13.2. The van der Waals surface area contributed by atoms with Gasteiger partial charge in [0, 0.05) is 24.6 Å². The van der Waals surface area contributed by atoms with Gasteiger partial charge in [0.2, 0.25) is 0 Å². The van der Waals surface area contributed by atoms with Gasteiger partial charge >= 0.3 is 0 Å². The first-order valence-corrected chi connectivity index (χ1v) is 7.36. The monoisotopic (exact) mass is 322 g/mol. The van der Waals surface area contributed by atoms with Gasteiger partial charge in [-0.15, -0.1) is 0 Å². The van der Waals surface area contributed by atoms with Gasteiger partial charge in [0.05, 0.1) is 11.9 Å². The maximum atomic E-state index is 13.2. The second-order valence-electron chi connectivity index (χ2n) is 5.11. The van der Waals surface area contributed by atoms with Crippen LogP contribution in [0.1, 0.15) is 16.1 Å². The Kier molecular flexibility index (Phi) is 4.76. The van der Waals surface area contributed by atoms with Crippen molar-refractivity contribution in [2.24, 2.45) is 0 Å². The molecule has 2 N–H and O–H groups in total. The van der Waals surface area contributed by atoms with Crippen molar-refractivity contribution in [1.82, 2.24) is 15.3 Å². The van der Waals surface area contributed by atoms with E-state index in [0.717, 1.165) is 5.56 Å². The molecule has 0 bridgehead atoms. The van der Waals surface area contributed by atoms with Crippen LogP contribution in [-0.2, 0) is 6.54 Å². The molecule has 5 nitrogen and oxygen atoms in total. The third-order valence-electron chi connectivity index (χ3n) is 3.29. The molecule has 3 rings (SSSR count). The lowest BCUT2D eigenvalue weighted by atomic mass is 10.2. The Labute approximate surface area is 138 Å². The standard InChI is InChI=1S/C18H15FN4O/c19-14-4-1-5-15(9-14)23-16-6-7-17(21-12-16)18(24)22-11-13-3-2-8-20-10-13/h1-10,12,23H,11H2,(H,22,24). The molecule has 6 heteroatoms. The van der Waals surface area contributed by atoms with E-state index in [1.54, 1.807) is 36.7 Å². The van der Waals surface area contributed by atoms with Gasteiger partial charge in [0.1, 0.15) is 11.5 Å². The molecule has 0 aliphatic carbocycles. The van der Waals surface area contributed by atoms with Crippen LogP contribution in [0.25, 0.3) is 0 Å². The van der Waals surface area contributed by atoms with Crippen molar-refractivity contribution in [3.8, 4) is 0 Å². The van der Waals surface area contributed by atoms with Gasteiger partial charge in [0.15, 0.2) is 0 Å². The lowest BCUT2D eigenvalue weighted by molar-refractivity contribution is 0.0946. The summed E-state index contributed by atoms with van der Waals surface area (Å²) in [6.07, 6.45) is 4.90. The Morgan fingerprint density at radius 1 is 1.04 bits per heavy atom. The van der Waals surface area contributed by atoms with Crippen LogP contribution in [0, 0.1) is 5.82 Å². The number of nitrogens with one attached hydrogen (secondary N) is 2. The molecule has 0 unspecified atom stereocenters.